The quantitative estimate of drug-likeness (QED) is 0.812. The molecule has 5 heteroatoms. The average molecular weight is 364 g/mol. The summed E-state index contributed by atoms with van der Waals surface area (Å²) in [7, 11) is 1.63. The summed E-state index contributed by atoms with van der Waals surface area (Å²) in [6, 6.07) is 10.1. The molecule has 0 spiro atoms. The van der Waals surface area contributed by atoms with Gasteiger partial charge in [-0.25, -0.2) is 4.39 Å². The molecular formula is C17H15BrFNO2. The van der Waals surface area contributed by atoms with Crippen molar-refractivity contribution in [1.82, 2.24) is 4.90 Å². The van der Waals surface area contributed by atoms with E-state index in [1.165, 1.54) is 23.8 Å². The Morgan fingerprint density at radius 3 is 2.77 bits per heavy atom. The van der Waals surface area contributed by atoms with E-state index >= 15 is 0 Å². The summed E-state index contributed by atoms with van der Waals surface area (Å²) in [6.07, 6.45) is 0.809. The number of ether oxygens (including phenoxy) is 1. The van der Waals surface area contributed by atoms with Crippen LogP contribution in [0.2, 0.25) is 0 Å². The van der Waals surface area contributed by atoms with Gasteiger partial charge in [0, 0.05) is 17.6 Å². The molecule has 0 N–H and O–H groups in total. The van der Waals surface area contributed by atoms with Crippen molar-refractivity contribution < 1.29 is 13.9 Å². The van der Waals surface area contributed by atoms with Crippen molar-refractivity contribution in [3.8, 4) is 5.75 Å². The van der Waals surface area contributed by atoms with Crippen LogP contribution in [0.1, 0.15) is 21.5 Å². The zero-order chi connectivity index (χ0) is 15.7. The number of hydrogen-bond acceptors (Lipinski definition) is 2. The molecule has 1 aliphatic rings. The van der Waals surface area contributed by atoms with E-state index in [0.29, 0.717) is 23.1 Å². The Morgan fingerprint density at radius 1 is 1.23 bits per heavy atom. The average Bonchev–Trinajstić information content (AvgIpc) is 2.53. The normalized spacial score (nSPS) is 13.7. The standard InChI is InChI=1S/C17H15BrFNO2/c1-22-14-4-2-11-6-7-20(10-12(11)8-14)17(21)15-5-3-13(19)9-16(15)18/h2-5,8-9H,6-7,10H2,1H3. The molecule has 1 aliphatic heterocycles. The fourth-order valence-corrected chi connectivity index (χ4v) is 3.19. The minimum atomic E-state index is -0.364. The lowest BCUT2D eigenvalue weighted by Crippen LogP contribution is -2.36. The lowest BCUT2D eigenvalue weighted by molar-refractivity contribution is 0.0733. The third-order valence-electron chi connectivity index (χ3n) is 3.87. The van der Waals surface area contributed by atoms with E-state index in [9.17, 15) is 9.18 Å². The number of amides is 1. The minimum absolute atomic E-state index is 0.0969. The van der Waals surface area contributed by atoms with Crippen LogP contribution in [-0.2, 0) is 13.0 Å². The lowest BCUT2D eigenvalue weighted by atomic mass is 9.99. The van der Waals surface area contributed by atoms with Crippen LogP contribution in [0.4, 0.5) is 4.39 Å². The van der Waals surface area contributed by atoms with E-state index in [1.807, 2.05) is 18.2 Å². The minimum Gasteiger partial charge on any atom is -0.497 e. The van der Waals surface area contributed by atoms with Crippen LogP contribution in [0, 0.1) is 5.82 Å². The number of rotatable bonds is 2. The van der Waals surface area contributed by atoms with Gasteiger partial charge in [0.05, 0.1) is 12.7 Å². The van der Waals surface area contributed by atoms with Gasteiger partial charge in [0.15, 0.2) is 0 Å². The fraction of sp³-hybridized carbons (Fsp3) is 0.235. The largest absolute Gasteiger partial charge is 0.497 e. The first-order valence-electron chi connectivity index (χ1n) is 6.98. The molecule has 0 aromatic heterocycles. The molecule has 0 fully saturated rings. The Hall–Kier alpha value is -1.88. The van der Waals surface area contributed by atoms with Crippen molar-refractivity contribution in [2.75, 3.05) is 13.7 Å². The van der Waals surface area contributed by atoms with E-state index in [4.69, 9.17) is 4.74 Å². The first kappa shape index (κ1) is 15.0. The maximum Gasteiger partial charge on any atom is 0.255 e. The molecule has 22 heavy (non-hydrogen) atoms. The zero-order valence-corrected chi connectivity index (χ0v) is 13.7. The highest BCUT2D eigenvalue weighted by molar-refractivity contribution is 9.10. The number of nitrogens with zero attached hydrogens (tertiary/aromatic N) is 1. The zero-order valence-electron chi connectivity index (χ0n) is 12.1. The van der Waals surface area contributed by atoms with Crippen LogP contribution in [0.15, 0.2) is 40.9 Å². The predicted molar refractivity (Wildman–Crippen MR) is 85.5 cm³/mol. The van der Waals surface area contributed by atoms with Crippen LogP contribution >= 0.6 is 15.9 Å². The number of hydrogen-bond donors (Lipinski definition) is 0. The fourth-order valence-electron chi connectivity index (χ4n) is 2.67. The highest BCUT2D eigenvalue weighted by atomic mass is 79.9. The smallest absolute Gasteiger partial charge is 0.255 e. The Kier molecular flexibility index (Phi) is 4.16. The number of fused-ring (bicyclic) bond motifs is 1. The summed E-state index contributed by atoms with van der Waals surface area (Å²) >= 11 is 3.26. The molecule has 1 amide bonds. The van der Waals surface area contributed by atoms with Gasteiger partial charge in [-0.15, -0.1) is 0 Å². The SMILES string of the molecule is COc1ccc2c(c1)CN(C(=O)c1ccc(F)cc1Br)CC2. The number of methoxy groups -OCH3 is 1. The van der Waals surface area contributed by atoms with Gasteiger partial charge >= 0.3 is 0 Å². The van der Waals surface area contributed by atoms with Crippen molar-refractivity contribution in [2.45, 2.75) is 13.0 Å². The molecule has 0 radical (unpaired) electrons. The number of benzene rings is 2. The van der Waals surface area contributed by atoms with E-state index in [1.54, 1.807) is 12.0 Å². The van der Waals surface area contributed by atoms with Crippen molar-refractivity contribution in [1.29, 1.82) is 0 Å². The maximum atomic E-state index is 13.2. The molecule has 0 saturated carbocycles. The molecule has 114 valence electrons. The third-order valence-corrected chi connectivity index (χ3v) is 4.53. The molecule has 0 aliphatic carbocycles. The molecular weight excluding hydrogens is 349 g/mol. The monoisotopic (exact) mass is 363 g/mol. The summed E-state index contributed by atoms with van der Waals surface area (Å²) in [4.78, 5) is 14.4. The van der Waals surface area contributed by atoms with Gasteiger partial charge < -0.3 is 9.64 Å². The Morgan fingerprint density at radius 2 is 2.05 bits per heavy atom. The summed E-state index contributed by atoms with van der Waals surface area (Å²) in [5.74, 6) is 0.327. The Labute approximate surface area is 136 Å². The van der Waals surface area contributed by atoms with Gasteiger partial charge in [-0.3, -0.25) is 4.79 Å². The highest BCUT2D eigenvalue weighted by Crippen LogP contribution is 2.26. The molecule has 3 rings (SSSR count). The van der Waals surface area contributed by atoms with Crippen LogP contribution in [-0.4, -0.2) is 24.5 Å². The molecule has 1 heterocycles. The van der Waals surface area contributed by atoms with E-state index in [2.05, 4.69) is 15.9 Å². The molecule has 3 nitrogen and oxygen atoms in total. The van der Waals surface area contributed by atoms with Crippen molar-refractivity contribution in [3.63, 3.8) is 0 Å². The molecule has 0 atom stereocenters. The van der Waals surface area contributed by atoms with E-state index < -0.39 is 0 Å². The number of halogens is 2. The van der Waals surface area contributed by atoms with Crippen LogP contribution < -0.4 is 4.74 Å². The van der Waals surface area contributed by atoms with Gasteiger partial charge in [-0.05, 0) is 63.8 Å². The van der Waals surface area contributed by atoms with E-state index in [-0.39, 0.29) is 11.7 Å². The molecule has 0 unspecified atom stereocenters. The lowest BCUT2D eigenvalue weighted by Gasteiger charge is -2.29. The first-order chi connectivity index (χ1) is 10.6. The molecule has 2 aromatic rings. The summed E-state index contributed by atoms with van der Waals surface area (Å²) in [5, 5.41) is 0. The first-order valence-corrected chi connectivity index (χ1v) is 7.78. The highest BCUT2D eigenvalue weighted by Gasteiger charge is 2.23. The van der Waals surface area contributed by atoms with Crippen LogP contribution in [0.5, 0.6) is 5.75 Å². The number of carbonyl (C=O) groups is 1. The summed E-state index contributed by atoms with van der Waals surface area (Å²) < 4.78 is 18.9. The van der Waals surface area contributed by atoms with Gasteiger partial charge in [0.1, 0.15) is 11.6 Å². The molecule has 2 aromatic carbocycles. The second-order valence-electron chi connectivity index (χ2n) is 5.24. The topological polar surface area (TPSA) is 29.5 Å². The number of carbonyl (C=O) groups excluding carboxylic acids is 1. The Bertz CT molecular complexity index is 733. The van der Waals surface area contributed by atoms with Crippen LogP contribution in [0.3, 0.4) is 0 Å². The van der Waals surface area contributed by atoms with Crippen LogP contribution in [0.25, 0.3) is 0 Å². The summed E-state index contributed by atoms with van der Waals surface area (Å²) in [5.41, 5.74) is 2.81. The second-order valence-corrected chi connectivity index (χ2v) is 6.09. The Balaban J connectivity index is 1.85. The molecule has 0 saturated heterocycles. The second kappa shape index (κ2) is 6.08. The van der Waals surface area contributed by atoms with E-state index in [0.717, 1.165) is 17.7 Å². The van der Waals surface area contributed by atoms with Crippen molar-refractivity contribution >= 4 is 21.8 Å². The van der Waals surface area contributed by atoms with Crippen molar-refractivity contribution in [3.05, 3.63) is 63.4 Å². The molecule has 0 bridgehead atoms. The van der Waals surface area contributed by atoms with Gasteiger partial charge in [0.2, 0.25) is 0 Å². The van der Waals surface area contributed by atoms with Crippen molar-refractivity contribution in [2.24, 2.45) is 0 Å². The van der Waals surface area contributed by atoms with Gasteiger partial charge in [-0.2, -0.15) is 0 Å². The predicted octanol–water partition coefficient (Wildman–Crippen LogP) is 3.80. The van der Waals surface area contributed by atoms with Gasteiger partial charge in [0.25, 0.3) is 5.91 Å². The summed E-state index contributed by atoms with van der Waals surface area (Å²) in [6.45, 7) is 1.19. The third kappa shape index (κ3) is 2.86. The van der Waals surface area contributed by atoms with Gasteiger partial charge in [-0.1, -0.05) is 6.07 Å². The maximum absolute atomic E-state index is 13.2.